The minimum Gasteiger partial charge on any atom is -0.465 e. The van der Waals surface area contributed by atoms with E-state index in [2.05, 4.69) is 0 Å². The average Bonchev–Trinajstić information content (AvgIpc) is 1.82. The molecule has 0 bridgehead atoms. The summed E-state index contributed by atoms with van der Waals surface area (Å²) in [5, 5.41) is 10.0. The van der Waals surface area contributed by atoms with Gasteiger partial charge in [0.2, 0.25) is 5.91 Å². The lowest BCUT2D eigenvalue weighted by atomic mass is 10.5. The molecule has 0 spiro atoms. The van der Waals surface area contributed by atoms with Crippen molar-refractivity contribution in [3.05, 3.63) is 0 Å². The van der Waals surface area contributed by atoms with Gasteiger partial charge in [0, 0.05) is 14.1 Å². The SMILES string of the molecule is CN(C)C(=O)CNC(=O)O. The molecule has 5 nitrogen and oxygen atoms in total. The van der Waals surface area contributed by atoms with Gasteiger partial charge in [-0.3, -0.25) is 4.79 Å². The third kappa shape index (κ3) is 3.71. The molecule has 0 unspecified atom stereocenters. The third-order valence-electron chi connectivity index (χ3n) is 0.890. The van der Waals surface area contributed by atoms with Gasteiger partial charge in [0.15, 0.2) is 0 Å². The van der Waals surface area contributed by atoms with Crippen molar-refractivity contribution in [3.63, 3.8) is 0 Å². The highest BCUT2D eigenvalue weighted by molar-refractivity contribution is 5.81. The summed E-state index contributed by atoms with van der Waals surface area (Å²) in [6, 6.07) is 0. The second-order valence-corrected chi connectivity index (χ2v) is 1.95. The van der Waals surface area contributed by atoms with Crippen LogP contribution in [-0.2, 0) is 4.79 Å². The van der Waals surface area contributed by atoms with Crippen LogP contribution in [0.2, 0.25) is 0 Å². The first-order valence-corrected chi connectivity index (χ1v) is 2.71. The highest BCUT2D eigenvalue weighted by Crippen LogP contribution is 1.74. The summed E-state index contributed by atoms with van der Waals surface area (Å²) in [4.78, 5) is 21.8. The van der Waals surface area contributed by atoms with Crippen molar-refractivity contribution >= 4 is 12.0 Å². The number of rotatable bonds is 2. The molecular weight excluding hydrogens is 136 g/mol. The highest BCUT2D eigenvalue weighted by Gasteiger charge is 2.03. The Morgan fingerprint density at radius 1 is 1.50 bits per heavy atom. The van der Waals surface area contributed by atoms with Crippen LogP contribution in [-0.4, -0.2) is 42.6 Å². The number of amides is 2. The van der Waals surface area contributed by atoms with E-state index < -0.39 is 6.09 Å². The van der Waals surface area contributed by atoms with Crippen LogP contribution in [0.15, 0.2) is 0 Å². The zero-order valence-corrected chi connectivity index (χ0v) is 5.92. The molecule has 0 aromatic rings. The van der Waals surface area contributed by atoms with E-state index in [1.165, 1.54) is 4.90 Å². The molecule has 5 heteroatoms. The van der Waals surface area contributed by atoms with Gasteiger partial charge in [0.05, 0.1) is 0 Å². The van der Waals surface area contributed by atoms with E-state index in [-0.39, 0.29) is 12.5 Å². The van der Waals surface area contributed by atoms with E-state index in [0.29, 0.717) is 0 Å². The predicted molar refractivity (Wildman–Crippen MR) is 34.7 cm³/mol. The third-order valence-corrected chi connectivity index (χ3v) is 0.890. The maximum Gasteiger partial charge on any atom is 0.405 e. The molecule has 10 heavy (non-hydrogen) atoms. The molecule has 0 aromatic carbocycles. The molecule has 2 amide bonds. The van der Waals surface area contributed by atoms with E-state index in [4.69, 9.17) is 5.11 Å². The molecule has 2 N–H and O–H groups in total. The summed E-state index contributed by atoms with van der Waals surface area (Å²) < 4.78 is 0. The molecule has 0 heterocycles. The number of nitrogens with zero attached hydrogens (tertiary/aromatic N) is 1. The van der Waals surface area contributed by atoms with Gasteiger partial charge < -0.3 is 15.3 Å². The maximum absolute atomic E-state index is 10.6. The lowest BCUT2D eigenvalue weighted by Crippen LogP contribution is -2.35. The number of carboxylic acid groups (broad SMARTS) is 1. The molecule has 0 saturated carbocycles. The van der Waals surface area contributed by atoms with Crippen LogP contribution in [0.5, 0.6) is 0 Å². The first-order chi connectivity index (χ1) is 4.54. The molecule has 0 fully saturated rings. The van der Waals surface area contributed by atoms with Crippen molar-refractivity contribution in [1.29, 1.82) is 0 Å². The van der Waals surface area contributed by atoms with Crippen LogP contribution in [0.1, 0.15) is 0 Å². The summed E-state index contributed by atoms with van der Waals surface area (Å²) in [7, 11) is 3.12. The van der Waals surface area contributed by atoms with Gasteiger partial charge in [0.1, 0.15) is 6.54 Å². The monoisotopic (exact) mass is 146 g/mol. The lowest BCUT2D eigenvalue weighted by Gasteiger charge is -2.08. The van der Waals surface area contributed by atoms with Crippen molar-refractivity contribution < 1.29 is 14.7 Å². The second-order valence-electron chi connectivity index (χ2n) is 1.95. The maximum atomic E-state index is 10.6. The second kappa shape index (κ2) is 3.71. The molecule has 0 rings (SSSR count). The largest absolute Gasteiger partial charge is 0.465 e. The Morgan fingerprint density at radius 2 is 2.00 bits per heavy atom. The molecule has 0 atom stereocenters. The Morgan fingerprint density at radius 3 is 2.30 bits per heavy atom. The molecular formula is C5H10N2O3. The van der Waals surface area contributed by atoms with Crippen molar-refractivity contribution in [1.82, 2.24) is 10.2 Å². The van der Waals surface area contributed by atoms with E-state index in [1.54, 1.807) is 14.1 Å². The number of nitrogens with one attached hydrogen (secondary N) is 1. The number of carbonyl (C=O) groups excluding carboxylic acids is 1. The average molecular weight is 146 g/mol. The fourth-order valence-corrected chi connectivity index (χ4v) is 0.309. The highest BCUT2D eigenvalue weighted by atomic mass is 16.4. The van der Waals surface area contributed by atoms with Crippen LogP contribution in [0.3, 0.4) is 0 Å². The van der Waals surface area contributed by atoms with Gasteiger partial charge in [-0.2, -0.15) is 0 Å². The Kier molecular flexibility index (Phi) is 3.24. The standard InChI is InChI=1S/C5H10N2O3/c1-7(2)4(8)3-6-5(9)10/h6H,3H2,1-2H3,(H,9,10). The van der Waals surface area contributed by atoms with Gasteiger partial charge in [-0.1, -0.05) is 0 Å². The van der Waals surface area contributed by atoms with E-state index in [1.807, 2.05) is 5.32 Å². The van der Waals surface area contributed by atoms with Crippen LogP contribution in [0, 0.1) is 0 Å². The van der Waals surface area contributed by atoms with Gasteiger partial charge in [0.25, 0.3) is 0 Å². The summed E-state index contributed by atoms with van der Waals surface area (Å²) in [5.74, 6) is -0.262. The quantitative estimate of drug-likeness (QED) is 0.543. The van der Waals surface area contributed by atoms with Crippen molar-refractivity contribution in [2.24, 2.45) is 0 Å². The van der Waals surface area contributed by atoms with Crippen molar-refractivity contribution in [3.8, 4) is 0 Å². The number of likely N-dealkylation sites (N-methyl/N-ethyl adjacent to an activating group) is 1. The molecule has 0 aliphatic rings. The first kappa shape index (κ1) is 8.74. The smallest absolute Gasteiger partial charge is 0.405 e. The molecule has 0 aliphatic heterocycles. The molecule has 0 aliphatic carbocycles. The zero-order chi connectivity index (χ0) is 8.15. The summed E-state index contributed by atoms with van der Waals surface area (Å²) in [6.45, 7) is -0.164. The zero-order valence-electron chi connectivity index (χ0n) is 5.92. The minimum atomic E-state index is -1.18. The Hall–Kier alpha value is -1.26. The van der Waals surface area contributed by atoms with Crippen LogP contribution >= 0.6 is 0 Å². The van der Waals surface area contributed by atoms with Crippen molar-refractivity contribution in [2.45, 2.75) is 0 Å². The van der Waals surface area contributed by atoms with Gasteiger partial charge in [-0.05, 0) is 0 Å². The van der Waals surface area contributed by atoms with Gasteiger partial charge in [-0.25, -0.2) is 4.79 Å². The number of hydrogen-bond acceptors (Lipinski definition) is 2. The van der Waals surface area contributed by atoms with Crippen LogP contribution in [0.25, 0.3) is 0 Å². The normalized spacial score (nSPS) is 8.60. The fourth-order valence-electron chi connectivity index (χ4n) is 0.309. The van der Waals surface area contributed by atoms with Gasteiger partial charge >= 0.3 is 6.09 Å². The summed E-state index contributed by atoms with van der Waals surface area (Å²) in [6.07, 6.45) is -1.18. The first-order valence-electron chi connectivity index (χ1n) is 2.71. The number of hydrogen-bond donors (Lipinski definition) is 2. The Bertz CT molecular complexity index is 144. The van der Waals surface area contributed by atoms with E-state index in [0.717, 1.165) is 0 Å². The van der Waals surface area contributed by atoms with Crippen LogP contribution in [0.4, 0.5) is 4.79 Å². The lowest BCUT2D eigenvalue weighted by molar-refractivity contribution is -0.127. The Labute approximate surface area is 58.6 Å². The molecule has 58 valence electrons. The number of carbonyl (C=O) groups is 2. The predicted octanol–water partition coefficient (Wildman–Crippen LogP) is -0.658. The molecule has 0 radical (unpaired) electrons. The molecule has 0 aromatic heterocycles. The summed E-state index contributed by atoms with van der Waals surface area (Å²) in [5.41, 5.74) is 0. The Balaban J connectivity index is 3.50. The van der Waals surface area contributed by atoms with E-state index in [9.17, 15) is 9.59 Å². The van der Waals surface area contributed by atoms with E-state index >= 15 is 0 Å². The minimum absolute atomic E-state index is 0.164. The van der Waals surface area contributed by atoms with Crippen molar-refractivity contribution in [2.75, 3.05) is 20.6 Å². The van der Waals surface area contributed by atoms with Crippen LogP contribution < -0.4 is 5.32 Å². The molecule has 0 saturated heterocycles. The fraction of sp³-hybridized carbons (Fsp3) is 0.600. The summed E-state index contributed by atoms with van der Waals surface area (Å²) >= 11 is 0. The topological polar surface area (TPSA) is 69.6 Å². The van der Waals surface area contributed by atoms with Gasteiger partial charge in [-0.15, -0.1) is 0 Å².